The second-order valence-electron chi connectivity index (χ2n) is 7.41. The van der Waals surface area contributed by atoms with Crippen molar-refractivity contribution in [3.8, 4) is 11.4 Å². The Morgan fingerprint density at radius 2 is 1.94 bits per heavy atom. The van der Waals surface area contributed by atoms with Gasteiger partial charge in [-0.1, -0.05) is 18.2 Å². The van der Waals surface area contributed by atoms with Gasteiger partial charge < -0.3 is 4.57 Å². The molecule has 0 aliphatic rings. The van der Waals surface area contributed by atoms with E-state index in [1.807, 2.05) is 31.4 Å². The standard InChI is InChI=1S/C22H20F3N5OS/c1-14-11-19(15(2)29(14)9-8-18-7-4-10-32-18)20(31)13-30-27-21(26-28-30)16-5-3-6-17(12-16)22(23,24)25/h3-7,10-12H,8-9,13H2,1-2H3. The lowest BCUT2D eigenvalue weighted by Crippen LogP contribution is -2.14. The second-order valence-corrected chi connectivity index (χ2v) is 8.44. The third-order valence-corrected chi connectivity index (χ3v) is 6.16. The predicted molar refractivity (Wildman–Crippen MR) is 115 cm³/mol. The number of aryl methyl sites for hydroxylation is 2. The van der Waals surface area contributed by atoms with Crippen LogP contribution in [0.1, 0.15) is 32.2 Å². The third kappa shape index (κ3) is 4.64. The van der Waals surface area contributed by atoms with Gasteiger partial charge in [0.25, 0.3) is 0 Å². The van der Waals surface area contributed by atoms with Crippen LogP contribution in [0.15, 0.2) is 47.8 Å². The van der Waals surface area contributed by atoms with Crippen LogP contribution in [0.2, 0.25) is 0 Å². The Morgan fingerprint density at radius 1 is 1.12 bits per heavy atom. The molecule has 32 heavy (non-hydrogen) atoms. The maximum atomic E-state index is 12.9. The molecule has 6 nitrogen and oxygen atoms in total. The minimum atomic E-state index is -4.46. The van der Waals surface area contributed by atoms with E-state index in [4.69, 9.17) is 0 Å². The number of alkyl halides is 3. The summed E-state index contributed by atoms with van der Waals surface area (Å²) in [6.07, 6.45) is -3.58. The highest BCUT2D eigenvalue weighted by Crippen LogP contribution is 2.31. The first kappa shape index (κ1) is 21.9. The van der Waals surface area contributed by atoms with Crippen molar-refractivity contribution < 1.29 is 18.0 Å². The highest BCUT2D eigenvalue weighted by atomic mass is 32.1. The van der Waals surface area contributed by atoms with Gasteiger partial charge in [-0.15, -0.1) is 21.5 Å². The van der Waals surface area contributed by atoms with Gasteiger partial charge in [0.1, 0.15) is 6.54 Å². The Hall–Kier alpha value is -3.27. The number of Topliss-reactive ketones (excluding diaryl/α,β-unsaturated/α-hetero) is 1. The number of benzene rings is 1. The first-order valence-electron chi connectivity index (χ1n) is 9.90. The number of carbonyl (C=O) groups is 1. The molecule has 0 spiro atoms. The van der Waals surface area contributed by atoms with Gasteiger partial charge in [-0.3, -0.25) is 4.79 Å². The van der Waals surface area contributed by atoms with Crippen molar-refractivity contribution in [2.45, 2.75) is 39.5 Å². The minimum absolute atomic E-state index is 0.0327. The number of rotatable bonds is 7. The Kier molecular flexibility index (Phi) is 5.96. The molecule has 10 heteroatoms. The van der Waals surface area contributed by atoms with E-state index in [0.717, 1.165) is 41.3 Å². The molecule has 0 aliphatic heterocycles. The van der Waals surface area contributed by atoms with E-state index in [2.05, 4.69) is 26.0 Å². The zero-order chi connectivity index (χ0) is 22.9. The van der Waals surface area contributed by atoms with Crippen LogP contribution in [0, 0.1) is 13.8 Å². The SMILES string of the molecule is Cc1cc(C(=O)Cn2nnc(-c3cccc(C(F)(F)F)c3)n2)c(C)n1CCc1cccs1. The average molecular weight is 459 g/mol. The largest absolute Gasteiger partial charge is 0.416 e. The van der Waals surface area contributed by atoms with E-state index in [9.17, 15) is 18.0 Å². The van der Waals surface area contributed by atoms with Crippen LogP contribution in [-0.2, 0) is 25.7 Å². The summed E-state index contributed by atoms with van der Waals surface area (Å²) >= 11 is 1.70. The molecule has 0 saturated heterocycles. The summed E-state index contributed by atoms with van der Waals surface area (Å²) < 4.78 is 41.0. The number of thiophene rings is 1. The van der Waals surface area contributed by atoms with Gasteiger partial charge in [-0.2, -0.15) is 18.0 Å². The van der Waals surface area contributed by atoms with Gasteiger partial charge in [0.05, 0.1) is 5.56 Å². The molecule has 1 aromatic carbocycles. The molecular formula is C22H20F3N5OS. The molecule has 0 fully saturated rings. The molecule has 4 aromatic rings. The molecule has 166 valence electrons. The normalized spacial score (nSPS) is 11.8. The van der Waals surface area contributed by atoms with E-state index in [0.29, 0.717) is 5.56 Å². The molecule has 4 rings (SSSR count). The Morgan fingerprint density at radius 3 is 2.66 bits per heavy atom. The van der Waals surface area contributed by atoms with E-state index < -0.39 is 11.7 Å². The lowest BCUT2D eigenvalue weighted by molar-refractivity contribution is -0.137. The van der Waals surface area contributed by atoms with Crippen molar-refractivity contribution in [1.29, 1.82) is 0 Å². The predicted octanol–water partition coefficient (Wildman–Crippen LogP) is 4.96. The Balaban J connectivity index is 1.48. The first-order valence-corrected chi connectivity index (χ1v) is 10.8. The molecule has 0 amide bonds. The highest BCUT2D eigenvalue weighted by molar-refractivity contribution is 7.09. The molecule has 0 bridgehead atoms. The summed E-state index contributed by atoms with van der Waals surface area (Å²) in [5, 5.41) is 13.8. The van der Waals surface area contributed by atoms with Crippen molar-refractivity contribution in [2.24, 2.45) is 0 Å². The Bertz CT molecular complexity index is 1240. The number of tetrazole rings is 1. The van der Waals surface area contributed by atoms with Gasteiger partial charge in [0.15, 0.2) is 5.78 Å². The Labute approximate surface area is 186 Å². The lowest BCUT2D eigenvalue weighted by atomic mass is 10.1. The van der Waals surface area contributed by atoms with Crippen LogP contribution in [0.5, 0.6) is 0 Å². The molecule has 3 aromatic heterocycles. The van der Waals surface area contributed by atoms with Crippen molar-refractivity contribution in [3.05, 3.63) is 75.2 Å². The van der Waals surface area contributed by atoms with Crippen LogP contribution in [0.3, 0.4) is 0 Å². The molecule has 0 aliphatic carbocycles. The van der Waals surface area contributed by atoms with Gasteiger partial charge >= 0.3 is 6.18 Å². The fraction of sp³-hybridized carbons (Fsp3) is 0.273. The van der Waals surface area contributed by atoms with Crippen molar-refractivity contribution >= 4 is 17.1 Å². The first-order chi connectivity index (χ1) is 15.2. The fourth-order valence-electron chi connectivity index (χ4n) is 3.58. The summed E-state index contributed by atoms with van der Waals surface area (Å²) in [4.78, 5) is 15.3. The topological polar surface area (TPSA) is 65.6 Å². The van der Waals surface area contributed by atoms with E-state index in [-0.39, 0.29) is 23.7 Å². The third-order valence-electron chi connectivity index (χ3n) is 5.22. The number of hydrogen-bond donors (Lipinski definition) is 0. The van der Waals surface area contributed by atoms with Crippen LogP contribution < -0.4 is 0 Å². The zero-order valence-electron chi connectivity index (χ0n) is 17.4. The molecule has 0 saturated carbocycles. The molecule has 0 N–H and O–H groups in total. The molecule has 0 atom stereocenters. The number of carbonyl (C=O) groups excluding carboxylic acids is 1. The average Bonchev–Trinajstić information content (AvgIpc) is 3.48. The van der Waals surface area contributed by atoms with E-state index >= 15 is 0 Å². The van der Waals surface area contributed by atoms with Gasteiger partial charge in [-0.25, -0.2) is 0 Å². The van der Waals surface area contributed by atoms with Crippen molar-refractivity contribution in [2.75, 3.05) is 0 Å². The fourth-order valence-corrected chi connectivity index (χ4v) is 4.28. The van der Waals surface area contributed by atoms with Gasteiger partial charge in [-0.05, 0) is 55.1 Å². The minimum Gasteiger partial charge on any atom is -0.348 e. The maximum Gasteiger partial charge on any atom is 0.416 e. The summed E-state index contributed by atoms with van der Waals surface area (Å²) in [6, 6.07) is 10.6. The lowest BCUT2D eigenvalue weighted by Gasteiger charge is -2.09. The summed E-state index contributed by atoms with van der Waals surface area (Å²) in [5.74, 6) is -0.154. The zero-order valence-corrected chi connectivity index (χ0v) is 18.2. The highest BCUT2D eigenvalue weighted by Gasteiger charge is 2.30. The quantitative estimate of drug-likeness (QED) is 0.366. The van der Waals surface area contributed by atoms with Crippen LogP contribution >= 0.6 is 11.3 Å². The van der Waals surface area contributed by atoms with Crippen LogP contribution in [-0.4, -0.2) is 30.6 Å². The summed E-state index contributed by atoms with van der Waals surface area (Å²) in [6.45, 7) is 4.48. The maximum absolute atomic E-state index is 12.9. The summed E-state index contributed by atoms with van der Waals surface area (Å²) in [5.41, 5.74) is 1.81. The van der Waals surface area contributed by atoms with E-state index in [1.54, 1.807) is 11.3 Å². The smallest absolute Gasteiger partial charge is 0.348 e. The van der Waals surface area contributed by atoms with E-state index in [1.165, 1.54) is 17.0 Å². The number of ketones is 1. The number of aromatic nitrogens is 5. The summed E-state index contributed by atoms with van der Waals surface area (Å²) in [7, 11) is 0. The van der Waals surface area contributed by atoms with Gasteiger partial charge in [0.2, 0.25) is 5.82 Å². The van der Waals surface area contributed by atoms with Crippen LogP contribution in [0.4, 0.5) is 13.2 Å². The molecular weight excluding hydrogens is 439 g/mol. The second kappa shape index (κ2) is 8.70. The number of nitrogens with zero attached hydrogens (tertiary/aromatic N) is 5. The van der Waals surface area contributed by atoms with Gasteiger partial charge in [0, 0.05) is 33.9 Å². The molecule has 0 unspecified atom stereocenters. The van der Waals surface area contributed by atoms with Crippen LogP contribution in [0.25, 0.3) is 11.4 Å². The monoisotopic (exact) mass is 459 g/mol. The number of hydrogen-bond acceptors (Lipinski definition) is 5. The molecule has 0 radical (unpaired) electrons. The van der Waals surface area contributed by atoms with Crippen molar-refractivity contribution in [1.82, 2.24) is 24.8 Å². The number of halogens is 3. The molecule has 3 heterocycles. The van der Waals surface area contributed by atoms with Crippen molar-refractivity contribution in [3.63, 3.8) is 0 Å².